The number of benzene rings is 1. The lowest BCUT2D eigenvalue weighted by Gasteiger charge is -2.40. The molecule has 1 aromatic carbocycles. The van der Waals surface area contributed by atoms with Gasteiger partial charge in [0.15, 0.2) is 5.96 Å². The molecule has 24 heavy (non-hydrogen) atoms. The van der Waals surface area contributed by atoms with Crippen LogP contribution in [0.15, 0.2) is 41.4 Å². The zero-order chi connectivity index (χ0) is 16.8. The molecule has 1 aliphatic heterocycles. The summed E-state index contributed by atoms with van der Waals surface area (Å²) in [6.45, 7) is 2.94. The highest BCUT2D eigenvalue weighted by Crippen LogP contribution is 2.46. The molecule has 1 spiro atoms. The predicted octanol–water partition coefficient (Wildman–Crippen LogP) is 3.95. The van der Waals surface area contributed by atoms with Crippen LogP contribution in [0.3, 0.4) is 0 Å². The van der Waals surface area contributed by atoms with Gasteiger partial charge in [0.2, 0.25) is 0 Å². The molecule has 0 radical (unpaired) electrons. The third-order valence-corrected chi connectivity index (χ3v) is 5.09. The lowest BCUT2D eigenvalue weighted by molar-refractivity contribution is 0.0396. The van der Waals surface area contributed by atoms with Crippen molar-refractivity contribution in [2.24, 2.45) is 4.99 Å². The van der Waals surface area contributed by atoms with Crippen molar-refractivity contribution in [3.05, 3.63) is 42.0 Å². The molecule has 4 heteroatoms. The molecule has 0 bridgehead atoms. The van der Waals surface area contributed by atoms with Crippen LogP contribution in [-0.2, 0) is 0 Å². The summed E-state index contributed by atoms with van der Waals surface area (Å²) in [7, 11) is 1.83. The van der Waals surface area contributed by atoms with Crippen LogP contribution in [0, 0.1) is 0 Å². The standard InChI is InChI=1S/C20H29N3O/c1-3-4-9-14-22-19(21-2)23-17-15-20(12-7-8-13-20)24-18-11-6-5-10-16(17)18/h3-6,10-11,17H,7-9,12-15H2,1-2H3,(H2,21,22,23)/b4-3+. The topological polar surface area (TPSA) is 45.7 Å². The summed E-state index contributed by atoms with van der Waals surface area (Å²) in [4.78, 5) is 4.40. The summed E-state index contributed by atoms with van der Waals surface area (Å²) in [5, 5.41) is 7.03. The molecule has 2 aliphatic rings. The van der Waals surface area contributed by atoms with Crippen LogP contribution in [0.5, 0.6) is 5.75 Å². The van der Waals surface area contributed by atoms with Crippen LogP contribution in [0.4, 0.5) is 0 Å². The SMILES string of the molecule is C/C=C/CCNC(=NC)NC1CC2(CCCC2)Oc2ccccc21. The van der Waals surface area contributed by atoms with Gasteiger partial charge in [0.25, 0.3) is 0 Å². The van der Waals surface area contributed by atoms with Crippen molar-refractivity contribution >= 4 is 5.96 Å². The zero-order valence-electron chi connectivity index (χ0n) is 14.8. The summed E-state index contributed by atoms with van der Waals surface area (Å²) in [6.07, 6.45) is 11.1. The Bertz CT molecular complexity index is 603. The van der Waals surface area contributed by atoms with Crippen LogP contribution in [-0.4, -0.2) is 25.2 Å². The maximum atomic E-state index is 6.43. The number of fused-ring (bicyclic) bond motifs is 1. The molecule has 1 atom stereocenters. The fraction of sp³-hybridized carbons (Fsp3) is 0.550. The van der Waals surface area contributed by atoms with E-state index in [1.165, 1.54) is 18.4 Å². The van der Waals surface area contributed by atoms with E-state index < -0.39 is 0 Å². The maximum Gasteiger partial charge on any atom is 0.191 e. The van der Waals surface area contributed by atoms with Crippen molar-refractivity contribution in [1.29, 1.82) is 0 Å². The van der Waals surface area contributed by atoms with Gasteiger partial charge in [-0.15, -0.1) is 0 Å². The first-order chi connectivity index (χ1) is 11.8. The minimum absolute atomic E-state index is 0.00974. The molecule has 1 saturated carbocycles. The van der Waals surface area contributed by atoms with E-state index in [0.29, 0.717) is 0 Å². The van der Waals surface area contributed by atoms with Gasteiger partial charge in [0.1, 0.15) is 11.4 Å². The van der Waals surface area contributed by atoms with Crippen LogP contribution in [0.25, 0.3) is 0 Å². The third-order valence-electron chi connectivity index (χ3n) is 5.09. The maximum absolute atomic E-state index is 6.43. The van der Waals surface area contributed by atoms with Crippen LogP contribution >= 0.6 is 0 Å². The lowest BCUT2D eigenvalue weighted by Crippen LogP contribution is -2.46. The quantitative estimate of drug-likeness (QED) is 0.381. The number of hydrogen-bond acceptors (Lipinski definition) is 2. The zero-order valence-corrected chi connectivity index (χ0v) is 14.8. The van der Waals surface area contributed by atoms with Gasteiger partial charge in [0, 0.05) is 25.6 Å². The molecule has 0 amide bonds. The van der Waals surface area contributed by atoms with Gasteiger partial charge in [-0.25, -0.2) is 0 Å². The summed E-state index contributed by atoms with van der Waals surface area (Å²) in [5.74, 6) is 1.90. The molecule has 130 valence electrons. The first-order valence-corrected chi connectivity index (χ1v) is 9.13. The number of rotatable bonds is 4. The molecule has 0 aromatic heterocycles. The minimum atomic E-state index is 0.00974. The van der Waals surface area contributed by atoms with Gasteiger partial charge in [-0.1, -0.05) is 30.4 Å². The monoisotopic (exact) mass is 327 g/mol. The number of aliphatic imine (C=N–C) groups is 1. The van der Waals surface area contributed by atoms with Gasteiger partial charge in [-0.2, -0.15) is 0 Å². The highest BCUT2D eigenvalue weighted by Gasteiger charge is 2.43. The molecule has 3 rings (SSSR count). The van der Waals surface area contributed by atoms with E-state index in [4.69, 9.17) is 4.74 Å². The highest BCUT2D eigenvalue weighted by molar-refractivity contribution is 5.80. The minimum Gasteiger partial charge on any atom is -0.487 e. The molecule has 4 nitrogen and oxygen atoms in total. The van der Waals surface area contributed by atoms with E-state index in [9.17, 15) is 0 Å². The number of guanidine groups is 1. The van der Waals surface area contributed by atoms with E-state index in [-0.39, 0.29) is 11.6 Å². The Morgan fingerprint density at radius 3 is 2.88 bits per heavy atom. The van der Waals surface area contributed by atoms with Crippen molar-refractivity contribution in [3.63, 3.8) is 0 Å². The lowest BCUT2D eigenvalue weighted by atomic mass is 9.86. The van der Waals surface area contributed by atoms with Gasteiger partial charge < -0.3 is 15.4 Å². The smallest absolute Gasteiger partial charge is 0.191 e. The predicted molar refractivity (Wildman–Crippen MR) is 99.6 cm³/mol. The van der Waals surface area contributed by atoms with E-state index in [1.807, 2.05) is 14.0 Å². The summed E-state index contributed by atoms with van der Waals surface area (Å²) in [6, 6.07) is 8.67. The van der Waals surface area contributed by atoms with E-state index in [1.54, 1.807) is 0 Å². The van der Waals surface area contributed by atoms with Gasteiger partial charge in [0.05, 0.1) is 6.04 Å². The second-order valence-corrected chi connectivity index (χ2v) is 6.79. The first-order valence-electron chi connectivity index (χ1n) is 9.13. The number of nitrogens with one attached hydrogen (secondary N) is 2. The molecule has 2 N–H and O–H groups in total. The molecule has 1 aromatic rings. The second kappa shape index (κ2) is 7.73. The number of ether oxygens (including phenoxy) is 1. The summed E-state index contributed by atoms with van der Waals surface area (Å²) < 4.78 is 6.43. The highest BCUT2D eigenvalue weighted by atomic mass is 16.5. The fourth-order valence-electron chi connectivity index (χ4n) is 3.87. The average molecular weight is 327 g/mol. The van der Waals surface area contributed by atoms with Crippen LogP contribution in [0.1, 0.15) is 57.1 Å². The second-order valence-electron chi connectivity index (χ2n) is 6.79. The molecule has 0 saturated heterocycles. The summed E-state index contributed by atoms with van der Waals surface area (Å²) >= 11 is 0. The molecule has 1 heterocycles. The van der Waals surface area contributed by atoms with Gasteiger partial charge in [-0.05, 0) is 45.1 Å². The normalized spacial score (nSPS) is 22.4. The number of hydrogen-bond donors (Lipinski definition) is 2. The average Bonchev–Trinajstić information content (AvgIpc) is 3.05. The molecular formula is C20H29N3O. The van der Waals surface area contributed by atoms with Crippen molar-refractivity contribution < 1.29 is 4.74 Å². The first kappa shape index (κ1) is 16.9. The Balaban J connectivity index is 1.73. The summed E-state index contributed by atoms with van der Waals surface area (Å²) in [5.41, 5.74) is 1.25. The number of para-hydroxylation sites is 1. The van der Waals surface area contributed by atoms with E-state index in [0.717, 1.165) is 43.9 Å². The number of nitrogens with zero attached hydrogens (tertiary/aromatic N) is 1. The Hall–Kier alpha value is -1.97. The van der Waals surface area contributed by atoms with E-state index in [2.05, 4.69) is 52.0 Å². The molecule has 1 fully saturated rings. The van der Waals surface area contributed by atoms with Gasteiger partial charge in [-0.3, -0.25) is 4.99 Å². The largest absolute Gasteiger partial charge is 0.487 e. The molecular weight excluding hydrogens is 298 g/mol. The van der Waals surface area contributed by atoms with E-state index >= 15 is 0 Å². The Kier molecular flexibility index (Phi) is 5.44. The Labute approximate surface area is 145 Å². The van der Waals surface area contributed by atoms with Crippen molar-refractivity contribution in [2.75, 3.05) is 13.6 Å². The fourth-order valence-corrected chi connectivity index (χ4v) is 3.87. The molecule has 1 unspecified atom stereocenters. The van der Waals surface area contributed by atoms with Crippen molar-refractivity contribution in [1.82, 2.24) is 10.6 Å². The Morgan fingerprint density at radius 1 is 1.33 bits per heavy atom. The third kappa shape index (κ3) is 3.74. The van der Waals surface area contributed by atoms with Crippen molar-refractivity contribution in [2.45, 2.75) is 57.1 Å². The number of allylic oxidation sites excluding steroid dienone is 1. The van der Waals surface area contributed by atoms with Crippen molar-refractivity contribution in [3.8, 4) is 5.75 Å². The van der Waals surface area contributed by atoms with Crippen LogP contribution in [0.2, 0.25) is 0 Å². The van der Waals surface area contributed by atoms with Crippen LogP contribution < -0.4 is 15.4 Å². The van der Waals surface area contributed by atoms with Gasteiger partial charge >= 0.3 is 0 Å². The Morgan fingerprint density at radius 2 is 2.12 bits per heavy atom. The molecule has 1 aliphatic carbocycles.